The topological polar surface area (TPSA) is 49.4 Å². The van der Waals surface area contributed by atoms with Crippen LogP contribution in [0.15, 0.2) is 78.9 Å². The maximum absolute atomic E-state index is 13.4. The third-order valence-corrected chi connectivity index (χ3v) is 7.27. The van der Waals surface area contributed by atoms with Crippen molar-refractivity contribution in [3.05, 3.63) is 106 Å². The second-order valence-electron chi connectivity index (χ2n) is 7.08. The molecule has 0 aliphatic heterocycles. The van der Waals surface area contributed by atoms with Crippen molar-refractivity contribution in [2.75, 3.05) is 14.1 Å². The molecule has 0 radical (unpaired) electrons. The van der Waals surface area contributed by atoms with Crippen molar-refractivity contribution in [1.82, 2.24) is 9.62 Å². The number of rotatable bonds is 8. The Morgan fingerprint density at radius 3 is 1.87 bits per heavy atom. The molecule has 1 N–H and O–H groups in total. The van der Waals surface area contributed by atoms with Crippen LogP contribution in [0.2, 0.25) is 10.0 Å². The number of hydrogen-bond donors (Lipinski definition) is 1. The second-order valence-corrected chi connectivity index (χ2v) is 9.98. The lowest BCUT2D eigenvalue weighted by Crippen LogP contribution is -2.39. The van der Waals surface area contributed by atoms with E-state index in [-0.39, 0.29) is 11.8 Å². The molecule has 3 rings (SSSR count). The van der Waals surface area contributed by atoms with Gasteiger partial charge in [-0.2, -0.15) is 4.31 Å². The molecule has 0 amide bonds. The van der Waals surface area contributed by atoms with Gasteiger partial charge in [-0.15, -0.1) is 0 Å². The van der Waals surface area contributed by atoms with Crippen LogP contribution in [0.1, 0.15) is 28.8 Å². The lowest BCUT2D eigenvalue weighted by molar-refractivity contribution is 0.301. The van der Waals surface area contributed by atoms with Gasteiger partial charge >= 0.3 is 0 Å². The number of halogens is 2. The monoisotopic (exact) mass is 462 g/mol. The highest BCUT2D eigenvalue weighted by Gasteiger charge is 2.34. The average Bonchev–Trinajstić information content (AvgIpc) is 2.71. The van der Waals surface area contributed by atoms with Crippen LogP contribution in [0.3, 0.4) is 0 Å². The van der Waals surface area contributed by atoms with Crippen molar-refractivity contribution < 1.29 is 8.42 Å². The summed E-state index contributed by atoms with van der Waals surface area (Å²) in [6.45, 7) is 0. The van der Waals surface area contributed by atoms with E-state index in [1.54, 1.807) is 25.2 Å². The van der Waals surface area contributed by atoms with Crippen molar-refractivity contribution in [2.45, 2.75) is 17.8 Å². The fourth-order valence-corrected chi connectivity index (χ4v) is 5.56. The van der Waals surface area contributed by atoms with E-state index in [1.807, 2.05) is 67.7 Å². The lowest BCUT2D eigenvalue weighted by atomic mass is 9.93. The number of sulfonamides is 1. The van der Waals surface area contributed by atoms with E-state index >= 15 is 0 Å². The summed E-state index contributed by atoms with van der Waals surface area (Å²) in [5, 5.41) is 4.12. The van der Waals surface area contributed by atoms with Gasteiger partial charge in [0.15, 0.2) is 0 Å². The maximum atomic E-state index is 13.4. The van der Waals surface area contributed by atoms with Gasteiger partial charge in [0.1, 0.15) is 0 Å². The first-order valence-electron chi connectivity index (χ1n) is 9.49. The highest BCUT2D eigenvalue weighted by molar-refractivity contribution is 7.88. The number of likely N-dealkylation sites (N-methyl/N-ethyl adjacent to an activating group) is 2. The normalized spacial score (nSPS) is 13.9. The van der Waals surface area contributed by atoms with Gasteiger partial charge in [-0.05, 0) is 41.9 Å². The predicted molar refractivity (Wildman–Crippen MR) is 124 cm³/mol. The summed E-state index contributed by atoms with van der Waals surface area (Å²) in [5.41, 5.74) is 2.45. The predicted octanol–water partition coefficient (Wildman–Crippen LogP) is 5.46. The van der Waals surface area contributed by atoms with E-state index < -0.39 is 16.1 Å². The van der Waals surface area contributed by atoms with E-state index in [2.05, 4.69) is 5.32 Å². The summed E-state index contributed by atoms with van der Waals surface area (Å²) in [6, 6.07) is 23.6. The Morgan fingerprint density at radius 2 is 1.37 bits per heavy atom. The minimum Gasteiger partial charge on any atom is -0.311 e. The number of hydrogen-bond acceptors (Lipinski definition) is 3. The van der Waals surface area contributed by atoms with E-state index in [0.29, 0.717) is 15.6 Å². The van der Waals surface area contributed by atoms with Crippen molar-refractivity contribution >= 4 is 33.2 Å². The molecular weight excluding hydrogens is 439 g/mol. The molecule has 2 unspecified atom stereocenters. The van der Waals surface area contributed by atoms with Gasteiger partial charge in [0.05, 0.1) is 17.8 Å². The standard InChI is InChI=1S/C23H24Cl2N2O2S/c1-26-22(18-9-5-3-6-10-18)23(19-11-7-4-8-12-19)27(2)30(28,29)16-17-13-20(24)15-21(25)14-17/h3-15,22-23,26H,16H2,1-2H3. The molecule has 0 bridgehead atoms. The Balaban J connectivity index is 2.02. The molecule has 4 nitrogen and oxygen atoms in total. The largest absolute Gasteiger partial charge is 0.311 e. The van der Waals surface area contributed by atoms with Crippen LogP contribution in [0.25, 0.3) is 0 Å². The fraction of sp³-hybridized carbons (Fsp3) is 0.217. The molecule has 0 spiro atoms. The molecule has 0 fully saturated rings. The SMILES string of the molecule is CNC(c1ccccc1)C(c1ccccc1)N(C)S(=O)(=O)Cc1cc(Cl)cc(Cl)c1. The Bertz CT molecular complexity index is 1060. The van der Waals surface area contributed by atoms with Crippen LogP contribution in [-0.4, -0.2) is 26.8 Å². The first-order chi connectivity index (χ1) is 14.3. The first kappa shape index (κ1) is 22.8. The smallest absolute Gasteiger partial charge is 0.218 e. The van der Waals surface area contributed by atoms with E-state index in [4.69, 9.17) is 23.2 Å². The van der Waals surface area contributed by atoms with Gasteiger partial charge in [0.25, 0.3) is 0 Å². The van der Waals surface area contributed by atoms with Crippen molar-refractivity contribution in [3.8, 4) is 0 Å². The van der Waals surface area contributed by atoms with Crippen LogP contribution in [-0.2, 0) is 15.8 Å². The minimum absolute atomic E-state index is 0.196. The minimum atomic E-state index is -3.68. The van der Waals surface area contributed by atoms with Gasteiger partial charge in [0.2, 0.25) is 10.0 Å². The molecule has 0 saturated heterocycles. The number of benzene rings is 3. The Hall–Kier alpha value is -1.89. The van der Waals surface area contributed by atoms with Crippen LogP contribution >= 0.6 is 23.2 Å². The Labute approximate surface area is 188 Å². The van der Waals surface area contributed by atoms with Gasteiger partial charge in [-0.1, -0.05) is 83.9 Å². The molecule has 7 heteroatoms. The van der Waals surface area contributed by atoms with Gasteiger partial charge in [-0.3, -0.25) is 0 Å². The molecular formula is C23H24Cl2N2O2S. The molecule has 0 heterocycles. The summed E-state index contributed by atoms with van der Waals surface area (Å²) in [7, 11) is -0.226. The molecule has 30 heavy (non-hydrogen) atoms. The van der Waals surface area contributed by atoms with Crippen LogP contribution in [0.5, 0.6) is 0 Å². The first-order valence-corrected chi connectivity index (χ1v) is 11.9. The zero-order valence-electron chi connectivity index (χ0n) is 16.8. The zero-order valence-corrected chi connectivity index (χ0v) is 19.1. The van der Waals surface area contributed by atoms with Crippen molar-refractivity contribution in [3.63, 3.8) is 0 Å². The molecule has 2 atom stereocenters. The Kier molecular flexibility index (Phi) is 7.55. The quantitative estimate of drug-likeness (QED) is 0.483. The van der Waals surface area contributed by atoms with Gasteiger partial charge < -0.3 is 5.32 Å². The zero-order chi connectivity index (χ0) is 21.7. The molecule has 3 aromatic carbocycles. The molecule has 158 valence electrons. The fourth-order valence-electron chi connectivity index (χ4n) is 3.61. The molecule has 3 aromatic rings. The van der Waals surface area contributed by atoms with Gasteiger partial charge in [-0.25, -0.2) is 8.42 Å². The molecule has 0 aromatic heterocycles. The van der Waals surface area contributed by atoms with Crippen LogP contribution < -0.4 is 5.32 Å². The summed E-state index contributed by atoms with van der Waals surface area (Å²) < 4.78 is 28.2. The van der Waals surface area contributed by atoms with Crippen LogP contribution in [0, 0.1) is 0 Å². The molecule has 0 aliphatic rings. The molecule has 0 saturated carbocycles. The summed E-state index contributed by atoms with van der Waals surface area (Å²) in [4.78, 5) is 0. The highest BCUT2D eigenvalue weighted by Crippen LogP contribution is 2.35. The highest BCUT2D eigenvalue weighted by atomic mass is 35.5. The number of nitrogens with one attached hydrogen (secondary N) is 1. The second kappa shape index (κ2) is 9.94. The van der Waals surface area contributed by atoms with Crippen molar-refractivity contribution in [2.24, 2.45) is 0 Å². The van der Waals surface area contributed by atoms with E-state index in [9.17, 15) is 8.42 Å². The third kappa shape index (κ3) is 5.42. The van der Waals surface area contributed by atoms with Crippen LogP contribution in [0.4, 0.5) is 0 Å². The lowest BCUT2D eigenvalue weighted by Gasteiger charge is -2.34. The molecule has 0 aliphatic carbocycles. The summed E-state index contributed by atoms with van der Waals surface area (Å²) >= 11 is 12.1. The summed E-state index contributed by atoms with van der Waals surface area (Å²) in [5.74, 6) is -0.196. The Morgan fingerprint density at radius 1 is 0.867 bits per heavy atom. The third-order valence-electron chi connectivity index (χ3n) is 5.03. The van der Waals surface area contributed by atoms with Gasteiger partial charge in [0, 0.05) is 17.1 Å². The van der Waals surface area contributed by atoms with E-state index in [1.165, 1.54) is 4.31 Å². The van der Waals surface area contributed by atoms with E-state index in [0.717, 1.165) is 11.1 Å². The average molecular weight is 463 g/mol. The van der Waals surface area contributed by atoms with Crippen molar-refractivity contribution in [1.29, 1.82) is 0 Å². The maximum Gasteiger partial charge on any atom is 0.218 e. The number of nitrogens with zero attached hydrogens (tertiary/aromatic N) is 1. The summed E-state index contributed by atoms with van der Waals surface area (Å²) in [6.07, 6.45) is 0.